The van der Waals surface area contributed by atoms with Crippen LogP contribution in [0.25, 0.3) is 0 Å². The Morgan fingerprint density at radius 1 is 1.20 bits per heavy atom. The van der Waals surface area contributed by atoms with E-state index in [-0.39, 0.29) is 6.67 Å². The van der Waals surface area contributed by atoms with Gasteiger partial charge in [-0.15, -0.1) is 6.42 Å². The van der Waals surface area contributed by atoms with Gasteiger partial charge in [0.2, 0.25) is 0 Å². The maximum absolute atomic E-state index is 11.5. The highest BCUT2D eigenvalue weighted by Gasteiger charge is 1.84. The van der Waals surface area contributed by atoms with Crippen molar-refractivity contribution in [3.8, 4) is 12.3 Å². The fourth-order valence-electron chi connectivity index (χ4n) is 0.529. The molecule has 0 heterocycles. The molecule has 0 spiro atoms. The van der Waals surface area contributed by atoms with E-state index in [0.717, 1.165) is 13.1 Å². The van der Waals surface area contributed by atoms with Crippen molar-refractivity contribution in [1.82, 2.24) is 10.6 Å². The van der Waals surface area contributed by atoms with Crippen LogP contribution in [0.3, 0.4) is 0 Å². The van der Waals surface area contributed by atoms with E-state index >= 15 is 0 Å². The first-order valence-corrected chi connectivity index (χ1v) is 3.32. The lowest BCUT2D eigenvalue weighted by molar-refractivity contribution is 0.466. The first-order valence-electron chi connectivity index (χ1n) is 3.32. The van der Waals surface area contributed by atoms with Gasteiger partial charge in [0.15, 0.2) is 0 Å². The molecule has 0 aromatic carbocycles. The summed E-state index contributed by atoms with van der Waals surface area (Å²) in [6, 6.07) is 0. The molecule has 2 N–H and O–H groups in total. The second-order valence-corrected chi connectivity index (χ2v) is 1.82. The molecule has 0 aliphatic rings. The smallest absolute Gasteiger partial charge is 0.102 e. The fourth-order valence-corrected chi connectivity index (χ4v) is 0.529. The highest BCUT2D eigenvalue weighted by molar-refractivity contribution is 4.86. The summed E-state index contributed by atoms with van der Waals surface area (Å²) in [6.07, 6.45) is 4.98. The van der Waals surface area contributed by atoms with Gasteiger partial charge in [-0.3, -0.25) is 0 Å². The number of terminal acetylenes is 1. The molecule has 0 rings (SSSR count). The zero-order chi connectivity index (χ0) is 7.66. The van der Waals surface area contributed by atoms with E-state index in [2.05, 4.69) is 16.6 Å². The van der Waals surface area contributed by atoms with Crippen molar-refractivity contribution in [2.75, 3.05) is 32.9 Å². The van der Waals surface area contributed by atoms with Crippen molar-refractivity contribution in [1.29, 1.82) is 0 Å². The van der Waals surface area contributed by atoms with E-state index < -0.39 is 0 Å². The van der Waals surface area contributed by atoms with Gasteiger partial charge in [-0.2, -0.15) is 0 Å². The van der Waals surface area contributed by atoms with Crippen LogP contribution in [0.15, 0.2) is 0 Å². The van der Waals surface area contributed by atoms with Gasteiger partial charge in [-0.05, 0) is 0 Å². The third-order valence-corrected chi connectivity index (χ3v) is 0.977. The first kappa shape index (κ1) is 9.41. The van der Waals surface area contributed by atoms with Gasteiger partial charge in [0.25, 0.3) is 0 Å². The van der Waals surface area contributed by atoms with Crippen LogP contribution >= 0.6 is 0 Å². The molecule has 2 nitrogen and oxygen atoms in total. The number of hydrogen-bond donors (Lipinski definition) is 2. The predicted molar refractivity (Wildman–Crippen MR) is 40.5 cm³/mol. The summed E-state index contributed by atoms with van der Waals surface area (Å²) in [5.41, 5.74) is 0. The fraction of sp³-hybridized carbons (Fsp3) is 0.714. The molecule has 0 aliphatic carbocycles. The summed E-state index contributed by atoms with van der Waals surface area (Å²) >= 11 is 0. The highest BCUT2D eigenvalue weighted by Crippen LogP contribution is 1.62. The van der Waals surface area contributed by atoms with E-state index in [0.29, 0.717) is 13.1 Å². The normalized spacial score (nSPS) is 9.20. The quantitative estimate of drug-likeness (QED) is 0.397. The number of alkyl halides is 1. The maximum Gasteiger partial charge on any atom is 0.102 e. The van der Waals surface area contributed by atoms with Gasteiger partial charge in [0.05, 0.1) is 6.54 Å². The monoisotopic (exact) mass is 144 g/mol. The van der Waals surface area contributed by atoms with E-state index in [1.54, 1.807) is 0 Å². The Bertz CT molecular complexity index is 98.3. The Hall–Kier alpha value is -0.590. The lowest BCUT2D eigenvalue weighted by Gasteiger charge is -2.00. The van der Waals surface area contributed by atoms with Crippen LogP contribution in [0.5, 0.6) is 0 Å². The van der Waals surface area contributed by atoms with Gasteiger partial charge in [0, 0.05) is 19.6 Å². The van der Waals surface area contributed by atoms with Crippen LogP contribution in [-0.4, -0.2) is 32.9 Å². The van der Waals surface area contributed by atoms with Crippen molar-refractivity contribution in [2.45, 2.75) is 0 Å². The number of nitrogens with one attached hydrogen (secondary N) is 2. The second-order valence-electron chi connectivity index (χ2n) is 1.82. The van der Waals surface area contributed by atoms with Gasteiger partial charge in [0.1, 0.15) is 6.67 Å². The van der Waals surface area contributed by atoms with Crippen LogP contribution in [-0.2, 0) is 0 Å². The van der Waals surface area contributed by atoms with Crippen molar-refractivity contribution < 1.29 is 4.39 Å². The van der Waals surface area contributed by atoms with Crippen molar-refractivity contribution in [2.24, 2.45) is 0 Å². The topological polar surface area (TPSA) is 24.1 Å². The Labute approximate surface area is 61.2 Å². The molecule has 0 aliphatic heterocycles. The van der Waals surface area contributed by atoms with E-state index in [1.165, 1.54) is 0 Å². The van der Waals surface area contributed by atoms with Crippen molar-refractivity contribution >= 4 is 0 Å². The average molecular weight is 144 g/mol. The molecule has 0 atom stereocenters. The lowest BCUT2D eigenvalue weighted by Crippen LogP contribution is -2.28. The lowest BCUT2D eigenvalue weighted by atomic mass is 10.5. The zero-order valence-corrected chi connectivity index (χ0v) is 5.99. The Morgan fingerprint density at radius 3 is 2.50 bits per heavy atom. The number of hydrogen-bond acceptors (Lipinski definition) is 2. The second kappa shape index (κ2) is 8.41. The van der Waals surface area contributed by atoms with E-state index in [9.17, 15) is 4.39 Å². The van der Waals surface area contributed by atoms with Crippen molar-refractivity contribution in [3.63, 3.8) is 0 Å². The minimum absolute atomic E-state index is 0.310. The largest absolute Gasteiger partial charge is 0.313 e. The first-order chi connectivity index (χ1) is 4.91. The molecule has 0 radical (unpaired) electrons. The van der Waals surface area contributed by atoms with Crippen LogP contribution in [0.2, 0.25) is 0 Å². The Balaban J connectivity index is 2.72. The molecule has 0 fully saturated rings. The maximum atomic E-state index is 11.5. The molecule has 0 unspecified atom stereocenters. The van der Waals surface area contributed by atoms with Crippen molar-refractivity contribution in [3.05, 3.63) is 0 Å². The summed E-state index contributed by atoms with van der Waals surface area (Å²) < 4.78 is 11.5. The van der Waals surface area contributed by atoms with Crippen LogP contribution < -0.4 is 10.6 Å². The third kappa shape index (κ3) is 7.41. The molecule has 0 aromatic rings. The number of rotatable bonds is 6. The van der Waals surface area contributed by atoms with Gasteiger partial charge in [-0.1, -0.05) is 5.92 Å². The van der Waals surface area contributed by atoms with Gasteiger partial charge >= 0.3 is 0 Å². The molecule has 0 saturated heterocycles. The number of halogens is 1. The zero-order valence-electron chi connectivity index (χ0n) is 5.99. The standard InChI is InChI=1S/C7H13FN2/c1-2-4-9-6-7-10-5-3-8/h1,9-10H,3-7H2. The van der Waals surface area contributed by atoms with Crippen LogP contribution in [0.1, 0.15) is 0 Å². The third-order valence-electron chi connectivity index (χ3n) is 0.977. The molecule has 0 bridgehead atoms. The minimum atomic E-state index is -0.310. The molecular formula is C7H13FN2. The summed E-state index contributed by atoms with van der Waals surface area (Å²) in [4.78, 5) is 0. The molecule has 0 amide bonds. The van der Waals surface area contributed by atoms with Gasteiger partial charge in [-0.25, -0.2) is 4.39 Å². The van der Waals surface area contributed by atoms with Crippen LogP contribution in [0, 0.1) is 12.3 Å². The summed E-state index contributed by atoms with van der Waals surface area (Å²) in [7, 11) is 0. The predicted octanol–water partition coefficient (Wildman–Crippen LogP) is -0.232. The molecule has 10 heavy (non-hydrogen) atoms. The van der Waals surface area contributed by atoms with E-state index in [1.807, 2.05) is 0 Å². The molecule has 0 aromatic heterocycles. The Morgan fingerprint density at radius 2 is 1.90 bits per heavy atom. The SMILES string of the molecule is C#CCNCCNCCF. The summed E-state index contributed by atoms with van der Waals surface area (Å²) in [5, 5.41) is 5.86. The molecule has 58 valence electrons. The van der Waals surface area contributed by atoms with Gasteiger partial charge < -0.3 is 10.6 Å². The van der Waals surface area contributed by atoms with E-state index in [4.69, 9.17) is 6.42 Å². The van der Waals surface area contributed by atoms with Crippen LogP contribution in [0.4, 0.5) is 4.39 Å². The molecular weight excluding hydrogens is 131 g/mol. The molecule has 3 heteroatoms. The summed E-state index contributed by atoms with van der Waals surface area (Å²) in [6.45, 7) is 2.26. The minimum Gasteiger partial charge on any atom is -0.313 e. The molecule has 0 saturated carbocycles. The highest BCUT2D eigenvalue weighted by atomic mass is 19.1. The average Bonchev–Trinajstić information content (AvgIpc) is 1.97. The Kier molecular flexibility index (Phi) is 7.91. The summed E-state index contributed by atoms with van der Waals surface area (Å²) in [5.74, 6) is 2.45.